The van der Waals surface area contributed by atoms with Gasteiger partial charge >= 0.3 is 0 Å². The molecule has 114 valence electrons. The monoisotopic (exact) mass is 316 g/mol. The average molecular weight is 316 g/mol. The van der Waals surface area contributed by atoms with E-state index in [1.807, 2.05) is 24.4 Å². The van der Waals surface area contributed by atoms with Crippen LogP contribution in [0.5, 0.6) is 0 Å². The number of thiophene rings is 1. The highest BCUT2D eigenvalue weighted by atomic mass is 32.1. The van der Waals surface area contributed by atoms with E-state index in [9.17, 15) is 4.79 Å². The minimum Gasteiger partial charge on any atom is -0.359 e. The van der Waals surface area contributed by atoms with Crippen LogP contribution in [0.1, 0.15) is 36.2 Å². The van der Waals surface area contributed by atoms with Crippen LogP contribution in [0.15, 0.2) is 26.8 Å². The molecule has 0 aromatic carbocycles. The van der Waals surface area contributed by atoms with Crippen LogP contribution < -0.4 is 5.56 Å². The zero-order valence-electron chi connectivity index (χ0n) is 12.2. The second-order valence-electron chi connectivity index (χ2n) is 5.65. The van der Waals surface area contributed by atoms with Gasteiger partial charge in [-0.2, -0.15) is 0 Å². The van der Waals surface area contributed by atoms with E-state index in [0.29, 0.717) is 17.1 Å². The van der Waals surface area contributed by atoms with Gasteiger partial charge in [0.2, 0.25) is 0 Å². The van der Waals surface area contributed by atoms with Crippen molar-refractivity contribution in [3.05, 3.63) is 45.1 Å². The Hall–Kier alpha value is -1.99. The van der Waals surface area contributed by atoms with Crippen molar-refractivity contribution >= 4 is 21.6 Å². The molecule has 1 aliphatic rings. The highest BCUT2D eigenvalue weighted by Crippen LogP contribution is 2.33. The average Bonchev–Trinajstić information content (AvgIpc) is 3.19. The number of hydrogen-bond donors (Lipinski definition) is 1. The molecule has 0 bridgehead atoms. The predicted molar refractivity (Wildman–Crippen MR) is 83.9 cm³/mol. The predicted octanol–water partition coefficient (Wildman–Crippen LogP) is 2.62. The summed E-state index contributed by atoms with van der Waals surface area (Å²) in [7, 11) is 0. The molecule has 6 nitrogen and oxygen atoms in total. The zero-order chi connectivity index (χ0) is 15.1. The molecule has 4 rings (SSSR count). The van der Waals surface area contributed by atoms with Crippen LogP contribution in [0.4, 0.5) is 0 Å². The maximum atomic E-state index is 12.1. The Morgan fingerprint density at radius 2 is 2.45 bits per heavy atom. The van der Waals surface area contributed by atoms with Gasteiger partial charge in [-0.1, -0.05) is 5.16 Å². The van der Waals surface area contributed by atoms with Crippen LogP contribution in [-0.4, -0.2) is 26.6 Å². The number of aromatic amines is 1. The highest BCUT2D eigenvalue weighted by molar-refractivity contribution is 7.17. The Labute approximate surface area is 130 Å². The first kappa shape index (κ1) is 13.7. The molecule has 1 atom stereocenters. The summed E-state index contributed by atoms with van der Waals surface area (Å²) in [6, 6.07) is 4.09. The first-order valence-electron chi connectivity index (χ1n) is 7.34. The van der Waals surface area contributed by atoms with E-state index < -0.39 is 0 Å². The SMILES string of the molecule is Cc1cc([C@H]2CCCN2Cc2nc3ccsc3c(=O)[nH]2)on1. The van der Waals surface area contributed by atoms with Gasteiger partial charge in [-0.25, -0.2) is 4.98 Å². The van der Waals surface area contributed by atoms with Gasteiger partial charge < -0.3 is 9.51 Å². The summed E-state index contributed by atoms with van der Waals surface area (Å²) in [6.45, 7) is 3.51. The fourth-order valence-corrected chi connectivity index (χ4v) is 3.79. The van der Waals surface area contributed by atoms with Gasteiger partial charge in [-0.3, -0.25) is 9.69 Å². The van der Waals surface area contributed by atoms with E-state index >= 15 is 0 Å². The normalized spacial score (nSPS) is 19.2. The number of nitrogens with one attached hydrogen (secondary N) is 1. The largest absolute Gasteiger partial charge is 0.359 e. The number of nitrogens with zero attached hydrogens (tertiary/aromatic N) is 3. The van der Waals surface area contributed by atoms with Crippen molar-refractivity contribution in [3.8, 4) is 0 Å². The van der Waals surface area contributed by atoms with E-state index in [-0.39, 0.29) is 11.6 Å². The fourth-order valence-electron chi connectivity index (χ4n) is 3.07. The fraction of sp³-hybridized carbons (Fsp3) is 0.400. The third-order valence-corrected chi connectivity index (χ3v) is 4.96. The number of aryl methyl sites for hydroxylation is 1. The Balaban J connectivity index is 1.62. The molecule has 0 unspecified atom stereocenters. The van der Waals surface area contributed by atoms with Crippen molar-refractivity contribution in [1.29, 1.82) is 0 Å². The zero-order valence-corrected chi connectivity index (χ0v) is 13.0. The minimum absolute atomic E-state index is 0.0544. The number of aromatic nitrogens is 3. The Bertz CT molecular complexity index is 866. The van der Waals surface area contributed by atoms with Gasteiger partial charge in [0.1, 0.15) is 10.5 Å². The van der Waals surface area contributed by atoms with Crippen molar-refractivity contribution in [2.45, 2.75) is 32.4 Å². The van der Waals surface area contributed by atoms with E-state index in [2.05, 4.69) is 20.0 Å². The second kappa shape index (κ2) is 5.33. The van der Waals surface area contributed by atoms with Gasteiger partial charge in [0, 0.05) is 6.07 Å². The molecule has 7 heteroatoms. The summed E-state index contributed by atoms with van der Waals surface area (Å²) < 4.78 is 6.10. The van der Waals surface area contributed by atoms with E-state index in [1.54, 1.807) is 0 Å². The van der Waals surface area contributed by atoms with Crippen LogP contribution in [0.25, 0.3) is 10.2 Å². The minimum atomic E-state index is -0.0544. The smallest absolute Gasteiger partial charge is 0.268 e. The molecule has 4 heterocycles. The Morgan fingerprint density at radius 1 is 1.55 bits per heavy atom. The summed E-state index contributed by atoms with van der Waals surface area (Å²) in [5.41, 5.74) is 1.62. The molecule has 1 N–H and O–H groups in total. The standard InChI is InChI=1S/C15H16N4O2S/c1-9-7-12(21-18-9)11-3-2-5-19(11)8-13-16-10-4-6-22-14(10)15(20)17-13/h4,6-7,11H,2-3,5,8H2,1H3,(H,16,17,20)/t11-/m1/s1. The number of H-pyrrole nitrogens is 1. The molecule has 3 aromatic rings. The molecule has 0 spiro atoms. The third kappa shape index (κ3) is 2.36. The van der Waals surface area contributed by atoms with Gasteiger partial charge in [0.15, 0.2) is 5.76 Å². The molecule has 1 saturated heterocycles. The van der Waals surface area contributed by atoms with Crippen LogP contribution in [0.3, 0.4) is 0 Å². The molecule has 22 heavy (non-hydrogen) atoms. The topological polar surface area (TPSA) is 75.0 Å². The lowest BCUT2D eigenvalue weighted by molar-refractivity contribution is 0.202. The number of rotatable bonds is 3. The molecule has 1 fully saturated rings. The number of hydrogen-bond acceptors (Lipinski definition) is 6. The van der Waals surface area contributed by atoms with Gasteiger partial charge in [-0.05, 0) is 37.8 Å². The maximum Gasteiger partial charge on any atom is 0.268 e. The third-order valence-electron chi connectivity index (χ3n) is 4.06. The van der Waals surface area contributed by atoms with Crippen LogP contribution in [0.2, 0.25) is 0 Å². The summed E-state index contributed by atoms with van der Waals surface area (Å²) in [6.07, 6.45) is 2.15. The maximum absolute atomic E-state index is 12.1. The first-order valence-corrected chi connectivity index (χ1v) is 8.22. The molecule has 0 amide bonds. The van der Waals surface area contributed by atoms with E-state index in [4.69, 9.17) is 4.52 Å². The lowest BCUT2D eigenvalue weighted by Crippen LogP contribution is -2.25. The Morgan fingerprint density at radius 3 is 3.27 bits per heavy atom. The number of likely N-dealkylation sites (tertiary alicyclic amines) is 1. The first-order chi connectivity index (χ1) is 10.7. The van der Waals surface area contributed by atoms with Crippen LogP contribution in [0, 0.1) is 6.92 Å². The molecular weight excluding hydrogens is 300 g/mol. The van der Waals surface area contributed by atoms with E-state index in [1.165, 1.54) is 11.3 Å². The number of fused-ring (bicyclic) bond motifs is 1. The van der Waals surface area contributed by atoms with Crippen molar-refractivity contribution in [3.63, 3.8) is 0 Å². The van der Waals surface area contributed by atoms with E-state index in [0.717, 1.165) is 36.4 Å². The summed E-state index contributed by atoms with van der Waals surface area (Å²) in [4.78, 5) is 21.8. The molecular formula is C15H16N4O2S. The van der Waals surface area contributed by atoms with Crippen molar-refractivity contribution in [2.24, 2.45) is 0 Å². The quantitative estimate of drug-likeness (QED) is 0.804. The Kier molecular flexibility index (Phi) is 3.31. The summed E-state index contributed by atoms with van der Waals surface area (Å²) in [5.74, 6) is 1.60. The molecule has 0 saturated carbocycles. The van der Waals surface area contributed by atoms with Crippen molar-refractivity contribution in [2.75, 3.05) is 6.54 Å². The molecule has 3 aromatic heterocycles. The van der Waals surface area contributed by atoms with Crippen LogP contribution >= 0.6 is 11.3 Å². The van der Waals surface area contributed by atoms with Crippen molar-refractivity contribution < 1.29 is 4.52 Å². The van der Waals surface area contributed by atoms with Gasteiger partial charge in [0.25, 0.3) is 5.56 Å². The second-order valence-corrected chi connectivity index (χ2v) is 6.56. The molecule has 0 aliphatic carbocycles. The van der Waals surface area contributed by atoms with Crippen LogP contribution in [-0.2, 0) is 6.54 Å². The van der Waals surface area contributed by atoms with Gasteiger partial charge in [0.05, 0.1) is 23.8 Å². The van der Waals surface area contributed by atoms with Gasteiger partial charge in [-0.15, -0.1) is 11.3 Å². The lowest BCUT2D eigenvalue weighted by Gasteiger charge is -2.21. The van der Waals surface area contributed by atoms with Crippen molar-refractivity contribution in [1.82, 2.24) is 20.0 Å². The molecule has 1 aliphatic heterocycles. The summed E-state index contributed by atoms with van der Waals surface area (Å²) in [5, 5.41) is 5.87. The lowest BCUT2D eigenvalue weighted by atomic mass is 10.1. The summed E-state index contributed by atoms with van der Waals surface area (Å²) >= 11 is 1.42. The molecule has 0 radical (unpaired) electrons. The highest BCUT2D eigenvalue weighted by Gasteiger charge is 2.29.